The zero-order valence-electron chi connectivity index (χ0n) is 20.2. The maximum absolute atomic E-state index is 13.3. The van der Waals surface area contributed by atoms with Crippen molar-refractivity contribution in [3.05, 3.63) is 77.1 Å². The molecule has 2 heterocycles. The highest BCUT2D eigenvalue weighted by Gasteiger charge is 2.49. The van der Waals surface area contributed by atoms with E-state index in [2.05, 4.69) is 9.97 Å². The molecular formula is C25H17F8N3O3S. The van der Waals surface area contributed by atoms with Crippen molar-refractivity contribution >= 4 is 27.5 Å². The molecule has 0 aliphatic carbocycles. The van der Waals surface area contributed by atoms with Gasteiger partial charge in [0.25, 0.3) is 5.92 Å². The van der Waals surface area contributed by atoms with Crippen LogP contribution in [0.1, 0.15) is 29.3 Å². The second kappa shape index (κ2) is 10.0. The Bertz CT molecular complexity index is 1560. The highest BCUT2D eigenvalue weighted by atomic mass is 32.2. The Balaban J connectivity index is 1.69. The van der Waals surface area contributed by atoms with Gasteiger partial charge in [-0.3, -0.25) is 4.79 Å². The predicted molar refractivity (Wildman–Crippen MR) is 126 cm³/mol. The second-order valence-electron chi connectivity index (χ2n) is 8.87. The van der Waals surface area contributed by atoms with E-state index in [1.165, 1.54) is 31.2 Å². The van der Waals surface area contributed by atoms with Crippen molar-refractivity contribution in [3.63, 3.8) is 0 Å². The number of alkyl halides is 8. The summed E-state index contributed by atoms with van der Waals surface area (Å²) in [4.78, 5) is 19.8. The molecule has 0 N–H and O–H groups in total. The minimum atomic E-state index is -5.08. The van der Waals surface area contributed by atoms with Gasteiger partial charge < -0.3 is 0 Å². The van der Waals surface area contributed by atoms with Gasteiger partial charge in [0.2, 0.25) is 10.0 Å². The van der Waals surface area contributed by atoms with Gasteiger partial charge in [-0.15, -0.1) is 0 Å². The lowest BCUT2D eigenvalue weighted by molar-refractivity contribution is -0.143. The SMILES string of the molecule is CC(=O)/C(=C/c1ccnc(-c2cc(C(F)(F)F)cc(C(F)(F)F)c2)n1)c1ccc(S(=O)(=O)N2CC(F)(F)C2)cc1. The summed E-state index contributed by atoms with van der Waals surface area (Å²) in [6, 6.07) is 6.90. The molecule has 40 heavy (non-hydrogen) atoms. The first-order valence-electron chi connectivity index (χ1n) is 11.2. The molecule has 6 nitrogen and oxygen atoms in total. The third kappa shape index (κ3) is 6.20. The predicted octanol–water partition coefficient (Wildman–Crippen LogP) is 5.95. The lowest BCUT2D eigenvalue weighted by atomic mass is 10.0. The Morgan fingerprint density at radius 2 is 1.48 bits per heavy atom. The number of aromatic nitrogens is 2. The summed E-state index contributed by atoms with van der Waals surface area (Å²) in [5.41, 5.74) is -3.54. The summed E-state index contributed by atoms with van der Waals surface area (Å²) in [6.45, 7) is -0.743. The maximum Gasteiger partial charge on any atom is 0.416 e. The van der Waals surface area contributed by atoms with Crippen molar-refractivity contribution in [1.29, 1.82) is 0 Å². The summed E-state index contributed by atoms with van der Waals surface area (Å²) in [6.07, 6.45) is -7.87. The molecule has 15 heteroatoms. The van der Waals surface area contributed by atoms with Gasteiger partial charge in [0, 0.05) is 17.3 Å². The van der Waals surface area contributed by atoms with E-state index in [1.807, 2.05) is 0 Å². The van der Waals surface area contributed by atoms with Crippen molar-refractivity contribution in [2.75, 3.05) is 13.1 Å². The van der Waals surface area contributed by atoms with Gasteiger partial charge in [-0.2, -0.15) is 30.6 Å². The number of carbonyl (C=O) groups excluding carboxylic acids is 1. The number of sulfonamides is 1. The molecule has 1 fully saturated rings. The number of ketones is 1. The molecule has 3 aromatic rings. The molecule has 0 radical (unpaired) electrons. The summed E-state index contributed by atoms with van der Waals surface area (Å²) in [5.74, 6) is -4.12. The van der Waals surface area contributed by atoms with Crippen LogP contribution < -0.4 is 0 Å². The van der Waals surface area contributed by atoms with Crippen LogP contribution in [-0.2, 0) is 27.2 Å². The van der Waals surface area contributed by atoms with Gasteiger partial charge in [0.05, 0.1) is 34.8 Å². The van der Waals surface area contributed by atoms with Crippen LogP contribution in [0.5, 0.6) is 0 Å². The topological polar surface area (TPSA) is 80.2 Å². The Kier molecular flexibility index (Phi) is 7.34. The molecular weight excluding hydrogens is 574 g/mol. The quantitative estimate of drug-likeness (QED) is 0.262. The van der Waals surface area contributed by atoms with Gasteiger partial charge in [-0.05, 0) is 55.0 Å². The summed E-state index contributed by atoms with van der Waals surface area (Å²) in [7, 11) is -4.19. The van der Waals surface area contributed by atoms with E-state index in [9.17, 15) is 48.3 Å². The fraction of sp³-hybridized carbons (Fsp3) is 0.240. The fourth-order valence-corrected chi connectivity index (χ4v) is 5.30. The van der Waals surface area contributed by atoms with E-state index >= 15 is 0 Å². The number of benzene rings is 2. The Hall–Kier alpha value is -3.72. The highest BCUT2D eigenvalue weighted by Crippen LogP contribution is 2.38. The van der Waals surface area contributed by atoms with E-state index < -0.39 is 69.7 Å². The standard InChI is InChI=1S/C25H17F8N3O3S/c1-14(37)21(15-2-4-20(5-3-15)40(38,39)36-12-23(26,27)13-36)11-19-6-7-34-22(35-19)16-8-17(24(28,29)30)10-18(9-16)25(31,32)33/h2-11H,12-13H2,1H3/b21-11-. The van der Waals surface area contributed by atoms with Crippen LogP contribution in [0, 0.1) is 0 Å². The fourth-order valence-electron chi connectivity index (χ4n) is 3.81. The number of halogens is 8. The Morgan fingerprint density at radius 3 is 1.95 bits per heavy atom. The smallest absolute Gasteiger partial charge is 0.294 e. The molecule has 0 spiro atoms. The number of hydrogen-bond acceptors (Lipinski definition) is 5. The van der Waals surface area contributed by atoms with E-state index in [1.54, 1.807) is 0 Å². The first-order chi connectivity index (χ1) is 18.4. The first kappa shape index (κ1) is 29.3. The van der Waals surface area contributed by atoms with Gasteiger partial charge >= 0.3 is 12.4 Å². The van der Waals surface area contributed by atoms with Crippen LogP contribution in [0.15, 0.2) is 59.6 Å². The number of Topliss-reactive ketones (excluding diaryl/α,β-unsaturated/α-hetero) is 1. The van der Waals surface area contributed by atoms with Crippen LogP contribution >= 0.6 is 0 Å². The zero-order valence-corrected chi connectivity index (χ0v) is 21.0. The van der Waals surface area contributed by atoms with Gasteiger partial charge in [-0.1, -0.05) is 12.1 Å². The summed E-state index contributed by atoms with van der Waals surface area (Å²) >= 11 is 0. The van der Waals surface area contributed by atoms with Gasteiger partial charge in [-0.25, -0.2) is 27.2 Å². The third-order valence-corrected chi connectivity index (χ3v) is 7.62. The van der Waals surface area contributed by atoms with Crippen LogP contribution in [-0.4, -0.2) is 47.5 Å². The number of allylic oxidation sites excluding steroid dienone is 1. The molecule has 1 saturated heterocycles. The number of carbonyl (C=O) groups is 1. The molecule has 4 rings (SSSR count). The third-order valence-electron chi connectivity index (χ3n) is 5.81. The number of nitrogens with zero attached hydrogens (tertiary/aromatic N) is 3. The molecule has 2 aromatic carbocycles. The normalized spacial score (nSPS) is 16.5. The van der Waals surface area contributed by atoms with E-state index in [0.29, 0.717) is 16.4 Å². The maximum atomic E-state index is 13.3. The number of rotatable bonds is 6. The summed E-state index contributed by atoms with van der Waals surface area (Å²) < 4.78 is 131. The zero-order chi connectivity index (χ0) is 29.7. The largest absolute Gasteiger partial charge is 0.416 e. The van der Waals surface area contributed by atoms with Crippen molar-refractivity contribution in [3.8, 4) is 11.4 Å². The second-order valence-corrected chi connectivity index (χ2v) is 10.8. The molecule has 0 saturated carbocycles. The van der Waals surface area contributed by atoms with Gasteiger partial charge in [0.1, 0.15) is 0 Å². The Morgan fingerprint density at radius 1 is 0.925 bits per heavy atom. The lowest BCUT2D eigenvalue weighted by Gasteiger charge is -2.37. The van der Waals surface area contributed by atoms with E-state index in [4.69, 9.17) is 0 Å². The van der Waals surface area contributed by atoms with Crippen LogP contribution in [0.2, 0.25) is 0 Å². The van der Waals surface area contributed by atoms with Crippen LogP contribution in [0.4, 0.5) is 35.1 Å². The first-order valence-corrected chi connectivity index (χ1v) is 12.6. The van der Waals surface area contributed by atoms with Crippen LogP contribution in [0.3, 0.4) is 0 Å². The van der Waals surface area contributed by atoms with Gasteiger partial charge in [0.15, 0.2) is 11.6 Å². The highest BCUT2D eigenvalue weighted by molar-refractivity contribution is 7.89. The molecule has 0 atom stereocenters. The monoisotopic (exact) mass is 591 g/mol. The number of hydrogen-bond donors (Lipinski definition) is 0. The molecule has 1 aliphatic heterocycles. The molecule has 1 aliphatic rings. The van der Waals surface area contributed by atoms with Crippen LogP contribution in [0.25, 0.3) is 23.0 Å². The molecule has 0 amide bonds. The van der Waals surface area contributed by atoms with Crippen molar-refractivity contribution in [1.82, 2.24) is 14.3 Å². The lowest BCUT2D eigenvalue weighted by Crippen LogP contribution is -2.58. The van der Waals surface area contributed by atoms with E-state index in [-0.39, 0.29) is 27.8 Å². The van der Waals surface area contributed by atoms with Crippen molar-refractivity contribution in [2.45, 2.75) is 30.1 Å². The van der Waals surface area contributed by atoms with Crippen molar-refractivity contribution < 1.29 is 48.3 Å². The average molecular weight is 591 g/mol. The summed E-state index contributed by atoms with van der Waals surface area (Å²) in [5, 5.41) is 0. The minimum Gasteiger partial charge on any atom is -0.294 e. The molecule has 1 aromatic heterocycles. The van der Waals surface area contributed by atoms with Crippen molar-refractivity contribution in [2.24, 2.45) is 0 Å². The Labute approximate surface area is 222 Å². The van der Waals surface area contributed by atoms with E-state index in [0.717, 1.165) is 18.3 Å². The minimum absolute atomic E-state index is 0.0240. The average Bonchev–Trinajstić information content (AvgIpc) is 2.84. The molecule has 0 unspecified atom stereocenters. The molecule has 0 bridgehead atoms. The molecule has 212 valence electrons.